The lowest BCUT2D eigenvalue weighted by atomic mass is 9.92. The zero-order valence-corrected chi connectivity index (χ0v) is 15.2. The zero-order valence-electron chi connectivity index (χ0n) is 15.2. The average Bonchev–Trinajstić information content (AvgIpc) is 2.71. The highest BCUT2D eigenvalue weighted by Crippen LogP contribution is 2.33. The highest BCUT2D eigenvalue weighted by atomic mass is 14.1. The van der Waals surface area contributed by atoms with Crippen LogP contribution in [0.2, 0.25) is 0 Å². The van der Waals surface area contributed by atoms with E-state index in [0.29, 0.717) is 0 Å². The Kier molecular flexibility index (Phi) is 4.41. The van der Waals surface area contributed by atoms with E-state index in [-0.39, 0.29) is 0 Å². The lowest BCUT2D eigenvalue weighted by Gasteiger charge is -2.12. The van der Waals surface area contributed by atoms with Crippen LogP contribution in [0.1, 0.15) is 11.1 Å². The van der Waals surface area contributed by atoms with Gasteiger partial charge >= 0.3 is 0 Å². The van der Waals surface area contributed by atoms with E-state index in [1.807, 2.05) is 0 Å². The van der Waals surface area contributed by atoms with Crippen molar-refractivity contribution < 1.29 is 0 Å². The van der Waals surface area contributed by atoms with E-state index >= 15 is 0 Å². The van der Waals surface area contributed by atoms with Crippen molar-refractivity contribution in [1.82, 2.24) is 0 Å². The van der Waals surface area contributed by atoms with Crippen LogP contribution in [-0.4, -0.2) is 0 Å². The van der Waals surface area contributed by atoms with Gasteiger partial charge in [-0.25, -0.2) is 0 Å². The van der Waals surface area contributed by atoms with Crippen LogP contribution in [0.15, 0.2) is 97.1 Å². The molecule has 0 saturated carbocycles. The Morgan fingerprint density at radius 1 is 0.346 bits per heavy atom. The van der Waals surface area contributed by atoms with Gasteiger partial charge in [0.1, 0.15) is 0 Å². The van der Waals surface area contributed by atoms with Crippen LogP contribution in [0.25, 0.3) is 33.4 Å². The van der Waals surface area contributed by atoms with Gasteiger partial charge in [0.25, 0.3) is 0 Å². The first-order valence-electron chi connectivity index (χ1n) is 9.04. The van der Waals surface area contributed by atoms with Crippen LogP contribution < -0.4 is 0 Å². The van der Waals surface area contributed by atoms with Crippen molar-refractivity contribution in [2.45, 2.75) is 13.8 Å². The zero-order chi connectivity index (χ0) is 17.9. The summed E-state index contributed by atoms with van der Waals surface area (Å²) >= 11 is 0. The highest BCUT2D eigenvalue weighted by Gasteiger charge is 2.08. The molecule has 0 bridgehead atoms. The molecule has 0 aliphatic heterocycles. The standard InChI is InChI=1S/C26H22/c1-19-13-14-23(15-20(19)2)26-17-24(21-9-5-3-6-10-21)16-25(18-26)22-11-7-4-8-12-22/h3-18H,1-2H3. The fourth-order valence-electron chi connectivity index (χ4n) is 3.31. The molecule has 0 unspecified atom stereocenters. The molecule has 0 heteroatoms. The lowest BCUT2D eigenvalue weighted by molar-refractivity contribution is 1.34. The first-order valence-corrected chi connectivity index (χ1v) is 9.04. The molecule has 0 spiro atoms. The lowest BCUT2D eigenvalue weighted by Crippen LogP contribution is -1.87. The maximum atomic E-state index is 2.30. The molecule has 4 aromatic rings. The molecule has 0 aromatic heterocycles. The predicted molar refractivity (Wildman–Crippen MR) is 112 cm³/mol. The van der Waals surface area contributed by atoms with E-state index in [9.17, 15) is 0 Å². The summed E-state index contributed by atoms with van der Waals surface area (Å²) in [6.07, 6.45) is 0. The van der Waals surface area contributed by atoms with E-state index in [1.165, 1.54) is 44.5 Å². The van der Waals surface area contributed by atoms with Gasteiger partial charge in [0, 0.05) is 0 Å². The predicted octanol–water partition coefficient (Wildman–Crippen LogP) is 7.30. The molecule has 0 N–H and O–H groups in total. The Balaban J connectivity index is 1.92. The monoisotopic (exact) mass is 334 g/mol. The summed E-state index contributed by atoms with van der Waals surface area (Å²) in [5.74, 6) is 0. The Bertz CT molecular complexity index is 970. The molecule has 0 saturated heterocycles. The normalized spacial score (nSPS) is 10.7. The van der Waals surface area contributed by atoms with Crippen molar-refractivity contribution in [3.63, 3.8) is 0 Å². The van der Waals surface area contributed by atoms with E-state index in [2.05, 4.69) is 111 Å². The summed E-state index contributed by atoms with van der Waals surface area (Å²) in [5, 5.41) is 0. The molecule has 0 amide bonds. The second-order valence-electron chi connectivity index (χ2n) is 6.83. The van der Waals surface area contributed by atoms with Gasteiger partial charge in [-0.1, -0.05) is 78.9 Å². The Morgan fingerprint density at radius 3 is 1.27 bits per heavy atom. The highest BCUT2D eigenvalue weighted by molar-refractivity contribution is 5.81. The molecule has 26 heavy (non-hydrogen) atoms. The third-order valence-corrected chi connectivity index (χ3v) is 4.99. The van der Waals surface area contributed by atoms with Gasteiger partial charge in [-0.2, -0.15) is 0 Å². The molecule has 0 nitrogen and oxygen atoms in total. The molecule has 0 atom stereocenters. The number of hydrogen-bond donors (Lipinski definition) is 0. The number of aryl methyl sites for hydroxylation is 2. The van der Waals surface area contributed by atoms with E-state index < -0.39 is 0 Å². The fraction of sp³-hybridized carbons (Fsp3) is 0.0769. The SMILES string of the molecule is Cc1ccc(-c2cc(-c3ccccc3)cc(-c3ccccc3)c2)cc1C. The Hall–Kier alpha value is -3.12. The summed E-state index contributed by atoms with van der Waals surface area (Å²) < 4.78 is 0. The van der Waals surface area contributed by atoms with Crippen molar-refractivity contribution >= 4 is 0 Å². The molecule has 4 rings (SSSR count). The van der Waals surface area contributed by atoms with Crippen LogP contribution in [-0.2, 0) is 0 Å². The van der Waals surface area contributed by atoms with Crippen LogP contribution in [0.5, 0.6) is 0 Å². The van der Waals surface area contributed by atoms with Crippen molar-refractivity contribution in [1.29, 1.82) is 0 Å². The van der Waals surface area contributed by atoms with Crippen molar-refractivity contribution in [3.8, 4) is 33.4 Å². The maximum absolute atomic E-state index is 2.30. The third-order valence-electron chi connectivity index (χ3n) is 4.99. The van der Waals surface area contributed by atoms with Gasteiger partial charge < -0.3 is 0 Å². The first kappa shape index (κ1) is 16.4. The van der Waals surface area contributed by atoms with E-state index in [4.69, 9.17) is 0 Å². The molecule has 0 aliphatic carbocycles. The molecule has 4 aromatic carbocycles. The topological polar surface area (TPSA) is 0 Å². The van der Waals surface area contributed by atoms with Crippen LogP contribution >= 0.6 is 0 Å². The molecular weight excluding hydrogens is 312 g/mol. The Morgan fingerprint density at radius 2 is 0.808 bits per heavy atom. The first-order chi connectivity index (χ1) is 12.7. The van der Waals surface area contributed by atoms with Crippen molar-refractivity contribution in [2.24, 2.45) is 0 Å². The molecule has 0 heterocycles. The Labute approximate surface area is 155 Å². The van der Waals surface area contributed by atoms with Gasteiger partial charge in [0.05, 0.1) is 0 Å². The molecule has 0 radical (unpaired) electrons. The molecular formula is C26H22. The van der Waals surface area contributed by atoms with E-state index in [1.54, 1.807) is 0 Å². The van der Waals surface area contributed by atoms with Gasteiger partial charge in [-0.05, 0) is 76.6 Å². The van der Waals surface area contributed by atoms with Crippen LogP contribution in [0, 0.1) is 13.8 Å². The second kappa shape index (κ2) is 7.01. The third kappa shape index (κ3) is 3.32. The minimum Gasteiger partial charge on any atom is -0.0622 e. The van der Waals surface area contributed by atoms with Crippen molar-refractivity contribution in [2.75, 3.05) is 0 Å². The molecule has 0 fully saturated rings. The quantitative estimate of drug-likeness (QED) is 0.368. The summed E-state index contributed by atoms with van der Waals surface area (Å²) in [7, 11) is 0. The minimum atomic E-state index is 1.25. The number of hydrogen-bond acceptors (Lipinski definition) is 0. The summed E-state index contributed by atoms with van der Waals surface area (Å²) in [6.45, 7) is 4.34. The van der Waals surface area contributed by atoms with Crippen LogP contribution in [0.4, 0.5) is 0 Å². The van der Waals surface area contributed by atoms with Gasteiger partial charge in [-0.15, -0.1) is 0 Å². The maximum Gasteiger partial charge on any atom is -0.0172 e. The summed E-state index contributed by atoms with van der Waals surface area (Å²) in [6, 6.07) is 34.8. The second-order valence-corrected chi connectivity index (χ2v) is 6.83. The smallest absolute Gasteiger partial charge is 0.0172 e. The van der Waals surface area contributed by atoms with Crippen LogP contribution in [0.3, 0.4) is 0 Å². The van der Waals surface area contributed by atoms with E-state index in [0.717, 1.165) is 0 Å². The van der Waals surface area contributed by atoms with Gasteiger partial charge in [0.2, 0.25) is 0 Å². The summed E-state index contributed by atoms with van der Waals surface area (Å²) in [4.78, 5) is 0. The molecule has 0 aliphatic rings. The largest absolute Gasteiger partial charge is 0.0622 e. The van der Waals surface area contributed by atoms with Crippen molar-refractivity contribution in [3.05, 3.63) is 108 Å². The van der Waals surface area contributed by atoms with Gasteiger partial charge in [0.15, 0.2) is 0 Å². The fourth-order valence-corrected chi connectivity index (χ4v) is 3.31. The molecule has 126 valence electrons. The van der Waals surface area contributed by atoms with Gasteiger partial charge in [-0.3, -0.25) is 0 Å². The average molecular weight is 334 g/mol. The number of benzene rings is 4. The summed E-state index contributed by atoms with van der Waals surface area (Å²) in [5.41, 5.74) is 10.2. The number of rotatable bonds is 3. The minimum absolute atomic E-state index is 1.25.